The number of benzene rings is 1. The Morgan fingerprint density at radius 1 is 1.22 bits per heavy atom. The van der Waals surface area contributed by atoms with Gasteiger partial charge in [-0.2, -0.15) is 9.83 Å². The van der Waals surface area contributed by atoms with Crippen LogP contribution in [-0.2, 0) is 12.6 Å². The quantitative estimate of drug-likeness (QED) is 0.566. The van der Waals surface area contributed by atoms with Gasteiger partial charge < -0.3 is 23.1 Å². The highest BCUT2D eigenvalue weighted by Gasteiger charge is 2.59. The highest BCUT2D eigenvalue weighted by Crippen LogP contribution is 2.51. The fourth-order valence-corrected chi connectivity index (χ4v) is 4.58. The Morgan fingerprint density at radius 2 is 1.85 bits per heavy atom. The molecule has 1 aromatic carbocycles. The normalized spacial score (nSPS) is 27.8. The van der Waals surface area contributed by atoms with E-state index in [0.29, 0.717) is 10.6 Å². The average molecular weight is 442 g/mol. The lowest BCUT2D eigenvalue weighted by Gasteiger charge is -2.45. The van der Waals surface area contributed by atoms with Gasteiger partial charge in [-0.15, -0.1) is 0 Å². The predicted octanol–water partition coefficient (Wildman–Crippen LogP) is 3.35. The minimum Gasteiger partial charge on any atom is -0.762 e. The van der Waals surface area contributed by atoms with Crippen molar-refractivity contribution in [2.45, 2.75) is 37.5 Å². The molecule has 2 aromatic rings. The molecule has 0 bridgehead atoms. The number of pyridine rings is 1. The van der Waals surface area contributed by atoms with Gasteiger partial charge in [0.1, 0.15) is 0 Å². The molecule has 2 N–H and O–H groups in total. The summed E-state index contributed by atoms with van der Waals surface area (Å²) in [4.78, 5) is 0. The van der Waals surface area contributed by atoms with Crippen molar-refractivity contribution in [2.24, 2.45) is 5.92 Å². The summed E-state index contributed by atoms with van der Waals surface area (Å²) in [5, 5.41) is 25.1. The molecule has 2 heterocycles. The first kappa shape index (κ1) is 18.4. The number of aliphatic hydroxyl groups is 1. The fourth-order valence-electron chi connectivity index (χ4n) is 3.98. The van der Waals surface area contributed by atoms with Crippen LogP contribution in [0, 0.1) is 24.2 Å². The predicted molar refractivity (Wildman–Crippen MR) is 108 cm³/mol. The lowest BCUT2D eigenvalue weighted by Crippen LogP contribution is -2.65. The van der Waals surface area contributed by atoms with Gasteiger partial charge in [0.15, 0.2) is 12.4 Å². The van der Waals surface area contributed by atoms with Gasteiger partial charge in [0.25, 0.3) is 0 Å². The van der Waals surface area contributed by atoms with Gasteiger partial charge in [0.05, 0.1) is 12.0 Å². The molecular formula is C21H20BrN3OS. The Balaban J connectivity index is 1.93. The van der Waals surface area contributed by atoms with Crippen LogP contribution in [0.5, 0.6) is 0 Å². The van der Waals surface area contributed by atoms with Gasteiger partial charge in [-0.05, 0) is 43.0 Å². The van der Waals surface area contributed by atoms with Crippen molar-refractivity contribution in [3.63, 3.8) is 0 Å². The second-order valence-electron chi connectivity index (χ2n) is 7.38. The molecule has 0 saturated heterocycles. The van der Waals surface area contributed by atoms with Crippen molar-refractivity contribution in [3.8, 4) is 6.07 Å². The van der Waals surface area contributed by atoms with Crippen molar-refractivity contribution < 1.29 is 9.67 Å². The molecule has 6 heteroatoms. The number of nitrogens with one attached hydrogen (secondary N) is 1. The molecule has 4 rings (SSSR count). The monoisotopic (exact) mass is 441 g/mol. The third kappa shape index (κ3) is 3.25. The SMILES string of the molecule is Cc1cc[n+](C2C(c3ccc(Br)cc3)C(C#N)=C([S-])NC2(O)C2CC2)cc1. The molecule has 0 radical (unpaired) electrons. The van der Waals surface area contributed by atoms with Gasteiger partial charge in [-0.1, -0.05) is 33.1 Å². The molecule has 1 aliphatic heterocycles. The van der Waals surface area contributed by atoms with E-state index in [1.807, 2.05) is 60.3 Å². The molecule has 3 unspecified atom stereocenters. The van der Waals surface area contributed by atoms with Crippen LogP contribution < -0.4 is 9.88 Å². The summed E-state index contributed by atoms with van der Waals surface area (Å²) in [5.74, 6) is -0.206. The van der Waals surface area contributed by atoms with E-state index < -0.39 is 5.72 Å². The minimum absolute atomic E-state index is 0.118. The zero-order valence-corrected chi connectivity index (χ0v) is 17.3. The largest absolute Gasteiger partial charge is 0.762 e. The molecule has 0 spiro atoms. The number of aryl methyl sites for hydroxylation is 1. The summed E-state index contributed by atoms with van der Waals surface area (Å²) in [7, 11) is 0. The molecule has 2 aliphatic rings. The maximum atomic E-state index is 11.7. The van der Waals surface area contributed by atoms with Gasteiger partial charge in [-0.3, -0.25) is 0 Å². The van der Waals surface area contributed by atoms with E-state index in [2.05, 4.69) is 27.3 Å². The molecule has 1 aliphatic carbocycles. The lowest BCUT2D eigenvalue weighted by atomic mass is 9.76. The van der Waals surface area contributed by atoms with Gasteiger partial charge in [-0.25, -0.2) is 0 Å². The number of nitriles is 1. The number of hydrogen-bond donors (Lipinski definition) is 2. The maximum absolute atomic E-state index is 11.7. The van der Waals surface area contributed by atoms with Crippen LogP contribution in [0.1, 0.15) is 35.9 Å². The summed E-state index contributed by atoms with van der Waals surface area (Å²) in [5.41, 5.74) is 1.42. The summed E-state index contributed by atoms with van der Waals surface area (Å²) in [6.07, 6.45) is 5.85. The summed E-state index contributed by atoms with van der Waals surface area (Å²) < 4.78 is 2.99. The van der Waals surface area contributed by atoms with E-state index in [9.17, 15) is 10.4 Å². The maximum Gasteiger partial charge on any atom is 0.216 e. The Morgan fingerprint density at radius 3 is 2.41 bits per heavy atom. The Labute approximate surface area is 173 Å². The molecule has 1 aromatic heterocycles. The van der Waals surface area contributed by atoms with Gasteiger partial charge >= 0.3 is 0 Å². The van der Waals surface area contributed by atoms with Crippen LogP contribution in [0.3, 0.4) is 0 Å². The van der Waals surface area contributed by atoms with Crippen molar-refractivity contribution in [1.82, 2.24) is 5.32 Å². The smallest absolute Gasteiger partial charge is 0.216 e. The third-order valence-electron chi connectivity index (χ3n) is 5.53. The average Bonchev–Trinajstić information content (AvgIpc) is 3.49. The summed E-state index contributed by atoms with van der Waals surface area (Å²) in [6.45, 7) is 2.03. The Hall–Kier alpha value is -1.94. The molecule has 27 heavy (non-hydrogen) atoms. The molecule has 1 saturated carbocycles. The number of hydrogen-bond acceptors (Lipinski definition) is 4. The highest BCUT2D eigenvalue weighted by molar-refractivity contribution is 9.10. The lowest BCUT2D eigenvalue weighted by molar-refractivity contribution is -0.742. The standard InChI is InChI=1S/C21H20BrN3OS/c1-13-8-10-25(11-9-13)19-18(14-2-6-16(22)7-3-14)17(12-23)20(27)24-21(19,26)15-4-5-15/h2-3,6-11,15,18-19,24,26H,4-5H2,1H3. The van der Waals surface area contributed by atoms with Crippen molar-refractivity contribution in [1.29, 1.82) is 5.26 Å². The third-order valence-corrected chi connectivity index (χ3v) is 6.38. The number of allylic oxidation sites excluding steroid dienone is 1. The number of aromatic nitrogens is 1. The van der Waals surface area contributed by atoms with Crippen LogP contribution in [0.2, 0.25) is 0 Å². The zero-order valence-electron chi connectivity index (χ0n) is 14.9. The number of nitrogens with zero attached hydrogens (tertiary/aromatic N) is 2. The molecule has 4 nitrogen and oxygen atoms in total. The Kier molecular flexibility index (Phi) is 4.71. The summed E-state index contributed by atoms with van der Waals surface area (Å²) in [6, 6.07) is 13.9. The van der Waals surface area contributed by atoms with Crippen LogP contribution in [0.4, 0.5) is 0 Å². The van der Waals surface area contributed by atoms with Crippen LogP contribution >= 0.6 is 15.9 Å². The second-order valence-corrected chi connectivity index (χ2v) is 8.70. The van der Waals surface area contributed by atoms with Crippen LogP contribution in [-0.4, -0.2) is 10.8 Å². The number of rotatable bonds is 3. The Bertz CT molecular complexity index is 931. The molecular weight excluding hydrogens is 422 g/mol. The van der Waals surface area contributed by atoms with E-state index in [0.717, 1.165) is 28.4 Å². The first-order valence-corrected chi connectivity index (χ1v) is 10.2. The first-order chi connectivity index (χ1) is 12.9. The van der Waals surface area contributed by atoms with E-state index in [1.165, 1.54) is 0 Å². The van der Waals surface area contributed by atoms with Crippen LogP contribution in [0.15, 0.2) is 63.9 Å². The molecule has 138 valence electrons. The highest BCUT2D eigenvalue weighted by atomic mass is 79.9. The van der Waals surface area contributed by atoms with E-state index >= 15 is 0 Å². The fraction of sp³-hybridized carbons (Fsp3) is 0.333. The van der Waals surface area contributed by atoms with Gasteiger partial charge in [0, 0.05) is 28.1 Å². The van der Waals surface area contributed by atoms with E-state index in [1.54, 1.807) is 0 Å². The topological polar surface area (TPSA) is 59.9 Å². The summed E-state index contributed by atoms with van der Waals surface area (Å²) >= 11 is 8.97. The van der Waals surface area contributed by atoms with Gasteiger partial charge in [0.2, 0.25) is 11.8 Å². The number of halogens is 1. The van der Waals surface area contributed by atoms with Crippen molar-refractivity contribution in [2.75, 3.05) is 0 Å². The second kappa shape index (κ2) is 6.90. The van der Waals surface area contributed by atoms with E-state index in [4.69, 9.17) is 12.6 Å². The first-order valence-electron chi connectivity index (χ1n) is 8.98. The van der Waals surface area contributed by atoms with Crippen molar-refractivity contribution >= 4 is 28.6 Å². The molecule has 0 amide bonds. The van der Waals surface area contributed by atoms with Crippen LogP contribution in [0.25, 0.3) is 0 Å². The minimum atomic E-state index is -1.19. The molecule has 3 atom stereocenters. The molecule has 1 fully saturated rings. The van der Waals surface area contributed by atoms with E-state index in [-0.39, 0.29) is 17.9 Å². The van der Waals surface area contributed by atoms with Crippen molar-refractivity contribution in [3.05, 3.63) is 75.0 Å². The zero-order chi connectivity index (χ0) is 19.2.